The lowest BCUT2D eigenvalue weighted by molar-refractivity contribution is 0.603. The molecule has 0 aromatic carbocycles. The maximum absolute atomic E-state index is 4.72. The molecule has 0 aliphatic heterocycles. The molecular weight excluding hydrogens is 250 g/mol. The molecule has 0 bridgehead atoms. The summed E-state index contributed by atoms with van der Waals surface area (Å²) in [5, 5.41) is 7.68. The van der Waals surface area contributed by atoms with Gasteiger partial charge in [0, 0.05) is 36.8 Å². The summed E-state index contributed by atoms with van der Waals surface area (Å²) in [7, 11) is 0. The molecule has 0 spiro atoms. The first-order chi connectivity index (χ1) is 9.80. The van der Waals surface area contributed by atoms with Crippen LogP contribution in [0.1, 0.15) is 44.9 Å². The zero-order valence-corrected chi connectivity index (χ0v) is 12.1. The van der Waals surface area contributed by atoms with Gasteiger partial charge in [-0.3, -0.25) is 4.68 Å². The molecule has 20 heavy (non-hydrogen) atoms. The lowest BCUT2D eigenvalue weighted by atomic mass is 10.2. The molecule has 5 heteroatoms. The molecule has 0 atom stereocenters. The average molecular weight is 271 g/mol. The highest BCUT2D eigenvalue weighted by molar-refractivity contribution is 5.61. The maximum atomic E-state index is 4.72. The van der Waals surface area contributed by atoms with Crippen LogP contribution < -0.4 is 5.32 Å². The molecule has 5 nitrogen and oxygen atoms in total. The number of hydrogen-bond acceptors (Lipinski definition) is 4. The number of aryl methyl sites for hydroxylation is 1. The van der Waals surface area contributed by atoms with Crippen LogP contribution in [-0.2, 0) is 6.54 Å². The van der Waals surface area contributed by atoms with E-state index in [0.717, 1.165) is 42.4 Å². The van der Waals surface area contributed by atoms with E-state index in [9.17, 15) is 0 Å². The molecule has 1 saturated carbocycles. The fraction of sp³-hybridized carbons (Fsp3) is 0.533. The zero-order valence-electron chi connectivity index (χ0n) is 12.1. The van der Waals surface area contributed by atoms with Crippen molar-refractivity contribution in [1.82, 2.24) is 19.7 Å². The van der Waals surface area contributed by atoms with Crippen LogP contribution in [0.2, 0.25) is 0 Å². The Morgan fingerprint density at radius 2 is 2.15 bits per heavy atom. The van der Waals surface area contributed by atoms with Crippen molar-refractivity contribution in [2.75, 3.05) is 11.9 Å². The molecule has 0 radical (unpaired) electrons. The summed E-state index contributed by atoms with van der Waals surface area (Å²) in [6, 6.07) is 2.02. The first-order valence-electron chi connectivity index (χ1n) is 7.45. The van der Waals surface area contributed by atoms with Gasteiger partial charge in [-0.05, 0) is 26.2 Å². The minimum Gasteiger partial charge on any atom is -0.370 e. The van der Waals surface area contributed by atoms with Crippen molar-refractivity contribution in [2.45, 2.75) is 45.6 Å². The van der Waals surface area contributed by atoms with Crippen molar-refractivity contribution < 1.29 is 0 Å². The molecule has 106 valence electrons. The van der Waals surface area contributed by atoms with Gasteiger partial charge in [-0.2, -0.15) is 5.10 Å². The van der Waals surface area contributed by atoms with Gasteiger partial charge < -0.3 is 5.32 Å². The lowest BCUT2D eigenvalue weighted by Gasteiger charge is -2.07. The number of rotatable bonds is 6. The maximum Gasteiger partial charge on any atom is 0.134 e. The fourth-order valence-corrected chi connectivity index (χ4v) is 2.26. The lowest BCUT2D eigenvalue weighted by Crippen LogP contribution is -2.04. The molecule has 3 rings (SSSR count). The Balaban J connectivity index is 1.93. The standard InChI is InChI=1S/C15H21N5/c1-3-7-20-10-12(9-17-20)13-8-14(16-4-2)19-15(18-13)11-5-6-11/h8-11H,3-7H2,1-2H3,(H,16,18,19). The molecular formula is C15H21N5. The monoisotopic (exact) mass is 271 g/mol. The van der Waals surface area contributed by atoms with Gasteiger partial charge in [0.25, 0.3) is 0 Å². The first-order valence-corrected chi connectivity index (χ1v) is 7.45. The summed E-state index contributed by atoms with van der Waals surface area (Å²) in [5.74, 6) is 2.45. The third-order valence-electron chi connectivity index (χ3n) is 3.43. The molecule has 0 saturated heterocycles. The zero-order chi connectivity index (χ0) is 13.9. The summed E-state index contributed by atoms with van der Waals surface area (Å²) in [5.41, 5.74) is 2.04. The van der Waals surface area contributed by atoms with Crippen LogP contribution in [0.5, 0.6) is 0 Å². The summed E-state index contributed by atoms with van der Waals surface area (Å²) < 4.78 is 1.97. The summed E-state index contributed by atoms with van der Waals surface area (Å²) in [4.78, 5) is 9.32. The molecule has 2 aromatic heterocycles. The quantitative estimate of drug-likeness (QED) is 0.877. The Hall–Kier alpha value is -1.91. The summed E-state index contributed by atoms with van der Waals surface area (Å²) in [6.07, 6.45) is 7.47. The van der Waals surface area contributed by atoms with Crippen molar-refractivity contribution in [3.63, 3.8) is 0 Å². The van der Waals surface area contributed by atoms with Crippen LogP contribution in [0.15, 0.2) is 18.5 Å². The van der Waals surface area contributed by atoms with Crippen LogP contribution in [0, 0.1) is 0 Å². The molecule has 0 amide bonds. The normalized spacial score (nSPS) is 14.5. The topological polar surface area (TPSA) is 55.6 Å². The highest BCUT2D eigenvalue weighted by atomic mass is 15.3. The van der Waals surface area contributed by atoms with E-state index in [1.54, 1.807) is 0 Å². The Kier molecular flexibility index (Phi) is 3.67. The van der Waals surface area contributed by atoms with Crippen molar-refractivity contribution >= 4 is 5.82 Å². The second kappa shape index (κ2) is 5.61. The van der Waals surface area contributed by atoms with E-state index in [0.29, 0.717) is 5.92 Å². The second-order valence-corrected chi connectivity index (χ2v) is 5.29. The van der Waals surface area contributed by atoms with Crippen LogP contribution in [-0.4, -0.2) is 26.3 Å². The minimum absolute atomic E-state index is 0.554. The molecule has 2 heterocycles. The fourth-order valence-electron chi connectivity index (χ4n) is 2.26. The van der Waals surface area contributed by atoms with E-state index in [1.807, 2.05) is 16.9 Å². The second-order valence-electron chi connectivity index (χ2n) is 5.29. The van der Waals surface area contributed by atoms with E-state index in [1.165, 1.54) is 12.8 Å². The number of anilines is 1. The van der Waals surface area contributed by atoms with Crippen molar-refractivity contribution in [2.24, 2.45) is 0 Å². The minimum atomic E-state index is 0.554. The Morgan fingerprint density at radius 3 is 2.85 bits per heavy atom. The van der Waals surface area contributed by atoms with Gasteiger partial charge in [0.2, 0.25) is 0 Å². The van der Waals surface area contributed by atoms with E-state index >= 15 is 0 Å². The third-order valence-corrected chi connectivity index (χ3v) is 3.43. The van der Waals surface area contributed by atoms with Gasteiger partial charge in [-0.25, -0.2) is 9.97 Å². The first kappa shape index (κ1) is 13.1. The Morgan fingerprint density at radius 1 is 1.30 bits per heavy atom. The van der Waals surface area contributed by atoms with Gasteiger partial charge >= 0.3 is 0 Å². The molecule has 1 aliphatic carbocycles. The van der Waals surface area contributed by atoms with E-state index in [-0.39, 0.29) is 0 Å². The predicted octanol–water partition coefficient (Wildman–Crippen LogP) is 3.06. The highest BCUT2D eigenvalue weighted by Crippen LogP contribution is 2.39. The molecule has 1 aliphatic rings. The van der Waals surface area contributed by atoms with E-state index in [4.69, 9.17) is 4.98 Å². The van der Waals surface area contributed by atoms with Crippen LogP contribution in [0.3, 0.4) is 0 Å². The number of aromatic nitrogens is 4. The van der Waals surface area contributed by atoms with Gasteiger partial charge in [0.05, 0.1) is 11.9 Å². The van der Waals surface area contributed by atoms with Crippen molar-refractivity contribution in [3.05, 3.63) is 24.3 Å². The largest absolute Gasteiger partial charge is 0.370 e. The van der Waals surface area contributed by atoms with Crippen LogP contribution in [0.4, 0.5) is 5.82 Å². The third kappa shape index (κ3) is 2.81. The number of hydrogen-bond donors (Lipinski definition) is 1. The van der Waals surface area contributed by atoms with Crippen molar-refractivity contribution in [1.29, 1.82) is 0 Å². The Labute approximate surface area is 119 Å². The van der Waals surface area contributed by atoms with Gasteiger partial charge in [0.15, 0.2) is 0 Å². The molecule has 0 unspecified atom stereocenters. The summed E-state index contributed by atoms with van der Waals surface area (Å²) >= 11 is 0. The highest BCUT2D eigenvalue weighted by Gasteiger charge is 2.27. The van der Waals surface area contributed by atoms with Crippen LogP contribution >= 0.6 is 0 Å². The van der Waals surface area contributed by atoms with Crippen molar-refractivity contribution in [3.8, 4) is 11.3 Å². The average Bonchev–Trinajstić information content (AvgIpc) is 3.20. The predicted molar refractivity (Wildman–Crippen MR) is 79.7 cm³/mol. The van der Waals surface area contributed by atoms with E-state index < -0.39 is 0 Å². The van der Waals surface area contributed by atoms with E-state index in [2.05, 4.69) is 35.4 Å². The molecule has 2 aromatic rings. The van der Waals surface area contributed by atoms with Crippen LogP contribution in [0.25, 0.3) is 11.3 Å². The summed E-state index contributed by atoms with van der Waals surface area (Å²) in [6.45, 7) is 6.05. The SMILES string of the molecule is CCCn1cc(-c2cc(NCC)nc(C3CC3)n2)cn1. The smallest absolute Gasteiger partial charge is 0.134 e. The number of nitrogens with one attached hydrogen (secondary N) is 1. The molecule has 1 fully saturated rings. The van der Waals surface area contributed by atoms with Gasteiger partial charge in [-0.1, -0.05) is 6.92 Å². The molecule has 1 N–H and O–H groups in total. The van der Waals surface area contributed by atoms with Gasteiger partial charge in [0.1, 0.15) is 11.6 Å². The Bertz CT molecular complexity index is 586. The van der Waals surface area contributed by atoms with Gasteiger partial charge in [-0.15, -0.1) is 0 Å². The number of nitrogens with zero attached hydrogens (tertiary/aromatic N) is 4.